The van der Waals surface area contributed by atoms with Crippen LogP contribution in [-0.4, -0.2) is 16.4 Å². The Bertz CT molecular complexity index is 268. The monoisotopic (exact) mass is 197 g/mol. The van der Waals surface area contributed by atoms with Crippen LogP contribution in [-0.2, 0) is 0 Å². The number of nitrogens with zero attached hydrogens (tertiary/aromatic N) is 1. The molecule has 0 aromatic carbocycles. The summed E-state index contributed by atoms with van der Waals surface area (Å²) in [5.74, 6) is 0. The number of hydrogen-bond donors (Lipinski definition) is 1. The molecule has 0 bridgehead atoms. The molecule has 1 aromatic rings. The van der Waals surface area contributed by atoms with Crippen molar-refractivity contribution >= 4 is 11.6 Å². The molecule has 1 unspecified atom stereocenters. The minimum absolute atomic E-state index is 0.149. The molecule has 1 atom stereocenters. The first-order chi connectivity index (χ1) is 5.43. The van der Waals surface area contributed by atoms with Gasteiger partial charge in [0, 0.05) is 11.3 Å². The van der Waals surface area contributed by atoms with Gasteiger partial charge >= 0.3 is 6.18 Å². The number of hydrogen-bond acceptors (Lipinski definition) is 1. The average molecular weight is 198 g/mol. The lowest BCUT2D eigenvalue weighted by atomic mass is 10.2. The van der Waals surface area contributed by atoms with E-state index in [2.05, 4.69) is 16.4 Å². The van der Waals surface area contributed by atoms with Crippen LogP contribution < -0.4 is 0 Å². The predicted octanol–water partition coefficient (Wildman–Crippen LogP) is 2.36. The molecule has 1 N–H and O–H groups in total. The lowest BCUT2D eigenvalue weighted by molar-refractivity contribution is -0.131. The highest BCUT2D eigenvalue weighted by molar-refractivity contribution is 6.21. The van der Waals surface area contributed by atoms with Gasteiger partial charge in [-0.15, -0.1) is 11.6 Å². The zero-order chi connectivity index (χ0) is 9.35. The molecule has 1 aromatic heterocycles. The number of nitrogens with one attached hydrogen (secondary N) is 1. The van der Waals surface area contributed by atoms with Crippen molar-refractivity contribution in [3.8, 4) is 0 Å². The summed E-state index contributed by atoms with van der Waals surface area (Å²) in [4.78, 5) is 0. The first-order valence-electron chi connectivity index (χ1n) is 3.06. The first-order valence-corrected chi connectivity index (χ1v) is 3.50. The smallest absolute Gasteiger partial charge is 0.282 e. The molecular formula is C6H5ClF3N2. The third-order valence-corrected chi connectivity index (χ3v) is 1.81. The molecule has 0 aliphatic heterocycles. The van der Waals surface area contributed by atoms with Crippen molar-refractivity contribution in [1.82, 2.24) is 10.2 Å². The minimum Gasteiger partial charge on any atom is -0.282 e. The molecule has 0 saturated carbocycles. The number of H-pyrrole nitrogens is 1. The van der Waals surface area contributed by atoms with Crippen molar-refractivity contribution in [2.45, 2.75) is 18.5 Å². The third kappa shape index (κ3) is 1.72. The highest BCUT2D eigenvalue weighted by atomic mass is 35.5. The molecule has 1 heterocycles. The molecule has 67 valence electrons. The number of halogens is 4. The number of aromatic nitrogens is 2. The van der Waals surface area contributed by atoms with Crippen LogP contribution in [0.15, 0.2) is 0 Å². The van der Waals surface area contributed by atoms with Crippen LogP contribution >= 0.6 is 11.6 Å². The Kier molecular flexibility index (Phi) is 2.32. The summed E-state index contributed by atoms with van der Waals surface area (Å²) in [5, 5.41) is 3.62. The van der Waals surface area contributed by atoms with Gasteiger partial charge in [0.15, 0.2) is 5.38 Å². The van der Waals surface area contributed by atoms with Crippen molar-refractivity contribution < 1.29 is 13.2 Å². The Morgan fingerprint density at radius 2 is 2.17 bits per heavy atom. The SMILES string of the molecule is Cc1[nH]n[c]c1C(Cl)C(F)(F)F. The van der Waals surface area contributed by atoms with E-state index >= 15 is 0 Å². The fourth-order valence-electron chi connectivity index (χ4n) is 0.727. The topological polar surface area (TPSA) is 28.7 Å². The van der Waals surface area contributed by atoms with Crippen LogP contribution in [0.1, 0.15) is 16.6 Å². The molecule has 0 fully saturated rings. The van der Waals surface area contributed by atoms with Crippen molar-refractivity contribution in [2.24, 2.45) is 0 Å². The van der Waals surface area contributed by atoms with Crippen LogP contribution in [0.4, 0.5) is 13.2 Å². The van der Waals surface area contributed by atoms with Crippen LogP contribution in [0, 0.1) is 13.1 Å². The summed E-state index contributed by atoms with van der Waals surface area (Å²) in [6, 6.07) is 0. The maximum atomic E-state index is 12.0. The molecule has 0 spiro atoms. The lowest BCUT2D eigenvalue weighted by Crippen LogP contribution is -2.15. The second-order valence-electron chi connectivity index (χ2n) is 2.28. The van der Waals surface area contributed by atoms with E-state index in [0.717, 1.165) is 0 Å². The van der Waals surface area contributed by atoms with E-state index in [1.165, 1.54) is 6.92 Å². The van der Waals surface area contributed by atoms with E-state index in [0.29, 0.717) is 0 Å². The van der Waals surface area contributed by atoms with Crippen molar-refractivity contribution in [3.63, 3.8) is 0 Å². The fraction of sp³-hybridized carbons (Fsp3) is 0.500. The van der Waals surface area contributed by atoms with Gasteiger partial charge in [0.25, 0.3) is 0 Å². The maximum absolute atomic E-state index is 12.0. The van der Waals surface area contributed by atoms with E-state index in [-0.39, 0.29) is 11.3 Å². The van der Waals surface area contributed by atoms with Gasteiger partial charge in [0.2, 0.25) is 0 Å². The summed E-state index contributed by atoms with van der Waals surface area (Å²) in [5.41, 5.74) is 0.136. The average Bonchev–Trinajstić information content (AvgIpc) is 2.31. The van der Waals surface area contributed by atoms with Gasteiger partial charge in [-0.3, -0.25) is 5.10 Å². The molecule has 0 saturated heterocycles. The molecule has 0 aliphatic carbocycles. The summed E-state index contributed by atoms with van der Waals surface area (Å²) in [7, 11) is 0. The number of aryl methyl sites for hydroxylation is 1. The van der Waals surface area contributed by atoms with Gasteiger partial charge in [-0.25, -0.2) is 0 Å². The van der Waals surface area contributed by atoms with E-state index in [9.17, 15) is 13.2 Å². The summed E-state index contributed by atoms with van der Waals surface area (Å²) in [6.45, 7) is 1.46. The molecule has 1 rings (SSSR count). The Hall–Kier alpha value is -0.710. The van der Waals surface area contributed by atoms with Crippen molar-refractivity contribution in [1.29, 1.82) is 0 Å². The van der Waals surface area contributed by atoms with Gasteiger partial charge in [0.05, 0.1) is 0 Å². The van der Waals surface area contributed by atoms with Gasteiger partial charge in [-0.1, -0.05) is 0 Å². The highest BCUT2D eigenvalue weighted by Gasteiger charge is 2.40. The second-order valence-corrected chi connectivity index (χ2v) is 2.71. The molecular weight excluding hydrogens is 193 g/mol. The number of aromatic amines is 1. The molecule has 0 aliphatic rings. The van der Waals surface area contributed by atoms with Crippen LogP contribution in [0.5, 0.6) is 0 Å². The summed E-state index contributed by atoms with van der Waals surface area (Å²) in [6.07, 6.45) is -2.30. The Morgan fingerprint density at radius 1 is 1.58 bits per heavy atom. The van der Waals surface area contributed by atoms with E-state index in [4.69, 9.17) is 11.6 Å². The maximum Gasteiger partial charge on any atom is 0.409 e. The lowest BCUT2D eigenvalue weighted by Gasteiger charge is -2.11. The van der Waals surface area contributed by atoms with Crippen LogP contribution in [0.25, 0.3) is 0 Å². The number of rotatable bonds is 1. The fourth-order valence-corrected chi connectivity index (χ4v) is 0.939. The molecule has 2 nitrogen and oxygen atoms in total. The van der Waals surface area contributed by atoms with E-state index in [1.54, 1.807) is 0 Å². The Labute approximate surface area is 71.7 Å². The molecule has 12 heavy (non-hydrogen) atoms. The van der Waals surface area contributed by atoms with E-state index in [1.807, 2.05) is 0 Å². The van der Waals surface area contributed by atoms with Crippen molar-refractivity contribution in [2.75, 3.05) is 0 Å². The summed E-state index contributed by atoms with van der Waals surface area (Å²) < 4.78 is 36.0. The third-order valence-electron chi connectivity index (χ3n) is 1.34. The second kappa shape index (κ2) is 2.97. The quantitative estimate of drug-likeness (QED) is 0.688. The summed E-state index contributed by atoms with van der Waals surface area (Å²) >= 11 is 5.11. The van der Waals surface area contributed by atoms with Crippen molar-refractivity contribution in [3.05, 3.63) is 17.5 Å². The molecule has 6 heteroatoms. The van der Waals surface area contributed by atoms with Gasteiger partial charge < -0.3 is 0 Å². The zero-order valence-electron chi connectivity index (χ0n) is 6.04. The normalized spacial score (nSPS) is 14.8. The molecule has 1 radical (unpaired) electrons. The zero-order valence-corrected chi connectivity index (χ0v) is 6.79. The minimum atomic E-state index is -4.45. The number of alkyl halides is 4. The van der Waals surface area contributed by atoms with Crippen LogP contribution in [0.3, 0.4) is 0 Å². The standard InChI is InChI=1S/C6H5ClF3N2/c1-3-4(2-11-12-3)5(7)6(8,9)10/h5H,1H3,(H,11,12). The van der Waals surface area contributed by atoms with Crippen LogP contribution in [0.2, 0.25) is 0 Å². The first kappa shape index (κ1) is 9.38. The van der Waals surface area contributed by atoms with Gasteiger partial charge in [-0.2, -0.15) is 18.3 Å². The van der Waals surface area contributed by atoms with E-state index < -0.39 is 11.6 Å². The molecule has 0 amide bonds. The van der Waals surface area contributed by atoms with Gasteiger partial charge in [0.1, 0.15) is 6.20 Å². The highest BCUT2D eigenvalue weighted by Crippen LogP contribution is 2.38. The predicted molar refractivity (Wildman–Crippen MR) is 36.8 cm³/mol. The Balaban J connectivity index is 2.92. The largest absolute Gasteiger partial charge is 0.409 e. The Morgan fingerprint density at radius 3 is 2.50 bits per heavy atom. The van der Waals surface area contributed by atoms with Gasteiger partial charge in [-0.05, 0) is 6.92 Å².